The number of anilines is 2. The van der Waals surface area contributed by atoms with E-state index in [0.717, 1.165) is 31.8 Å². The Labute approximate surface area is 113 Å². The molecule has 0 atom stereocenters. The number of nitrogens with zero attached hydrogens (tertiary/aromatic N) is 2. The van der Waals surface area contributed by atoms with Crippen molar-refractivity contribution in [3.63, 3.8) is 0 Å². The van der Waals surface area contributed by atoms with Crippen LogP contribution in [0.4, 0.5) is 10.8 Å². The molecule has 0 fully saturated rings. The van der Waals surface area contributed by atoms with Crippen LogP contribution in [0.15, 0.2) is 36.5 Å². The van der Waals surface area contributed by atoms with Crippen molar-refractivity contribution in [1.82, 2.24) is 9.97 Å². The number of hydrogen-bond acceptors (Lipinski definition) is 4. The molecular weight excluding hydrogens is 266 g/mol. The van der Waals surface area contributed by atoms with E-state index in [9.17, 15) is 0 Å². The standard InChI is InChI=1S/C13H10ClN3S/c1-8-10(6-3-7-15-8)16-13-17-11-5-2-4-9(14)12(11)18-13/h2-7H,1H3,(H,16,17). The highest BCUT2D eigenvalue weighted by molar-refractivity contribution is 7.22. The van der Waals surface area contributed by atoms with E-state index in [1.807, 2.05) is 37.3 Å². The molecule has 0 radical (unpaired) electrons. The molecule has 0 spiro atoms. The molecule has 1 aromatic carbocycles. The third kappa shape index (κ3) is 2.05. The van der Waals surface area contributed by atoms with Crippen LogP contribution in [0.25, 0.3) is 10.2 Å². The fraction of sp³-hybridized carbons (Fsp3) is 0.0769. The summed E-state index contributed by atoms with van der Waals surface area (Å²) >= 11 is 7.68. The van der Waals surface area contributed by atoms with Crippen molar-refractivity contribution in [3.05, 3.63) is 47.2 Å². The fourth-order valence-corrected chi connectivity index (χ4v) is 2.87. The second kappa shape index (κ2) is 4.55. The second-order valence-corrected chi connectivity index (χ2v) is 5.27. The molecule has 3 rings (SSSR count). The summed E-state index contributed by atoms with van der Waals surface area (Å²) in [4.78, 5) is 8.74. The number of benzene rings is 1. The van der Waals surface area contributed by atoms with Crippen molar-refractivity contribution >= 4 is 44.0 Å². The molecule has 0 amide bonds. The molecule has 3 aromatic rings. The van der Waals surface area contributed by atoms with Crippen LogP contribution in [-0.4, -0.2) is 9.97 Å². The Balaban J connectivity index is 2.01. The lowest BCUT2D eigenvalue weighted by Gasteiger charge is -2.04. The number of pyridine rings is 1. The topological polar surface area (TPSA) is 37.8 Å². The molecule has 3 nitrogen and oxygen atoms in total. The maximum atomic E-state index is 6.13. The smallest absolute Gasteiger partial charge is 0.188 e. The summed E-state index contributed by atoms with van der Waals surface area (Å²) in [5, 5.41) is 4.84. The summed E-state index contributed by atoms with van der Waals surface area (Å²) < 4.78 is 1.00. The van der Waals surface area contributed by atoms with E-state index >= 15 is 0 Å². The minimum Gasteiger partial charge on any atom is -0.330 e. The number of rotatable bonds is 2. The first-order valence-corrected chi connectivity index (χ1v) is 6.67. The highest BCUT2D eigenvalue weighted by atomic mass is 35.5. The average molecular weight is 276 g/mol. The van der Waals surface area contributed by atoms with Crippen LogP contribution < -0.4 is 5.32 Å². The lowest BCUT2D eigenvalue weighted by molar-refractivity contribution is 1.20. The monoisotopic (exact) mass is 275 g/mol. The van der Waals surface area contributed by atoms with Gasteiger partial charge in [0.05, 0.1) is 26.6 Å². The van der Waals surface area contributed by atoms with Gasteiger partial charge in [0, 0.05) is 6.20 Å². The summed E-state index contributed by atoms with van der Waals surface area (Å²) in [6, 6.07) is 9.62. The number of fused-ring (bicyclic) bond motifs is 1. The van der Waals surface area contributed by atoms with E-state index in [4.69, 9.17) is 11.6 Å². The number of halogens is 1. The van der Waals surface area contributed by atoms with Crippen molar-refractivity contribution < 1.29 is 0 Å². The van der Waals surface area contributed by atoms with E-state index in [-0.39, 0.29) is 0 Å². The van der Waals surface area contributed by atoms with Crippen LogP contribution in [0.2, 0.25) is 5.02 Å². The third-order valence-electron chi connectivity index (χ3n) is 2.62. The van der Waals surface area contributed by atoms with Crippen LogP contribution >= 0.6 is 22.9 Å². The zero-order valence-corrected chi connectivity index (χ0v) is 11.2. The lowest BCUT2D eigenvalue weighted by atomic mass is 10.3. The largest absolute Gasteiger partial charge is 0.330 e. The van der Waals surface area contributed by atoms with Gasteiger partial charge in [-0.3, -0.25) is 4.98 Å². The Kier molecular flexibility index (Phi) is 2.89. The van der Waals surface area contributed by atoms with E-state index in [1.54, 1.807) is 17.5 Å². The number of aryl methyl sites for hydroxylation is 1. The highest BCUT2D eigenvalue weighted by Crippen LogP contribution is 2.33. The predicted octanol–water partition coefficient (Wildman–Crippen LogP) is 4.40. The van der Waals surface area contributed by atoms with E-state index in [2.05, 4.69) is 15.3 Å². The van der Waals surface area contributed by atoms with Gasteiger partial charge in [-0.05, 0) is 31.2 Å². The number of nitrogens with one attached hydrogen (secondary N) is 1. The van der Waals surface area contributed by atoms with Gasteiger partial charge in [0.25, 0.3) is 0 Å². The molecule has 2 aromatic heterocycles. The first kappa shape index (κ1) is 11.4. The van der Waals surface area contributed by atoms with Crippen molar-refractivity contribution in [2.75, 3.05) is 5.32 Å². The minimum atomic E-state index is 0.737. The van der Waals surface area contributed by atoms with Crippen molar-refractivity contribution in [2.24, 2.45) is 0 Å². The van der Waals surface area contributed by atoms with E-state index in [1.165, 1.54) is 0 Å². The lowest BCUT2D eigenvalue weighted by Crippen LogP contribution is -1.93. The average Bonchev–Trinajstić information content (AvgIpc) is 2.76. The van der Waals surface area contributed by atoms with Gasteiger partial charge < -0.3 is 5.32 Å². The van der Waals surface area contributed by atoms with E-state index < -0.39 is 0 Å². The molecular formula is C13H10ClN3S. The van der Waals surface area contributed by atoms with Gasteiger partial charge in [0.2, 0.25) is 0 Å². The number of aromatic nitrogens is 2. The van der Waals surface area contributed by atoms with E-state index in [0.29, 0.717) is 0 Å². The fourth-order valence-electron chi connectivity index (χ4n) is 1.70. The van der Waals surface area contributed by atoms with Gasteiger partial charge in [-0.2, -0.15) is 0 Å². The SMILES string of the molecule is Cc1ncccc1Nc1nc2cccc(Cl)c2s1. The Hall–Kier alpha value is -1.65. The molecule has 0 bridgehead atoms. The Morgan fingerprint density at radius 3 is 2.89 bits per heavy atom. The molecule has 1 N–H and O–H groups in total. The number of thiazole rings is 1. The highest BCUT2D eigenvalue weighted by Gasteiger charge is 2.07. The summed E-state index contributed by atoms with van der Waals surface area (Å²) in [5.74, 6) is 0. The van der Waals surface area contributed by atoms with Crippen LogP contribution in [0.5, 0.6) is 0 Å². The first-order valence-electron chi connectivity index (χ1n) is 5.48. The van der Waals surface area contributed by atoms with Gasteiger partial charge in [-0.15, -0.1) is 0 Å². The van der Waals surface area contributed by atoms with Gasteiger partial charge in [0.15, 0.2) is 5.13 Å². The maximum Gasteiger partial charge on any atom is 0.188 e. The molecule has 0 saturated carbocycles. The zero-order chi connectivity index (χ0) is 12.5. The predicted molar refractivity (Wildman–Crippen MR) is 76.9 cm³/mol. The van der Waals surface area contributed by atoms with Crippen molar-refractivity contribution in [1.29, 1.82) is 0 Å². The van der Waals surface area contributed by atoms with Crippen LogP contribution in [0, 0.1) is 6.92 Å². The molecule has 0 saturated heterocycles. The molecule has 18 heavy (non-hydrogen) atoms. The molecule has 0 unspecified atom stereocenters. The van der Waals surface area contributed by atoms with Crippen molar-refractivity contribution in [3.8, 4) is 0 Å². The normalized spacial score (nSPS) is 10.8. The summed E-state index contributed by atoms with van der Waals surface area (Å²) in [6.07, 6.45) is 1.77. The molecule has 0 aliphatic carbocycles. The van der Waals surface area contributed by atoms with Gasteiger partial charge in [-0.1, -0.05) is 29.0 Å². The molecule has 5 heteroatoms. The Morgan fingerprint density at radius 2 is 2.11 bits per heavy atom. The Morgan fingerprint density at radius 1 is 1.22 bits per heavy atom. The zero-order valence-electron chi connectivity index (χ0n) is 9.64. The molecule has 2 heterocycles. The van der Waals surface area contributed by atoms with Gasteiger partial charge in [-0.25, -0.2) is 4.98 Å². The minimum absolute atomic E-state index is 0.737. The maximum absolute atomic E-state index is 6.13. The van der Waals surface area contributed by atoms with Crippen molar-refractivity contribution in [2.45, 2.75) is 6.92 Å². The molecule has 0 aliphatic heterocycles. The second-order valence-electron chi connectivity index (χ2n) is 3.87. The quantitative estimate of drug-likeness (QED) is 0.753. The Bertz CT molecular complexity index is 708. The van der Waals surface area contributed by atoms with Crippen LogP contribution in [-0.2, 0) is 0 Å². The summed E-state index contributed by atoms with van der Waals surface area (Å²) in [6.45, 7) is 1.96. The third-order valence-corrected chi connectivity index (χ3v) is 4.06. The van der Waals surface area contributed by atoms with Crippen LogP contribution in [0.3, 0.4) is 0 Å². The summed E-state index contributed by atoms with van der Waals surface area (Å²) in [7, 11) is 0. The first-order chi connectivity index (χ1) is 8.74. The molecule has 90 valence electrons. The number of hydrogen-bond donors (Lipinski definition) is 1. The van der Waals surface area contributed by atoms with Crippen LogP contribution in [0.1, 0.15) is 5.69 Å². The van der Waals surface area contributed by atoms with Gasteiger partial charge >= 0.3 is 0 Å². The van der Waals surface area contributed by atoms with Gasteiger partial charge in [0.1, 0.15) is 0 Å². The summed E-state index contributed by atoms with van der Waals surface area (Å²) in [5.41, 5.74) is 2.83. The molecule has 0 aliphatic rings.